The van der Waals surface area contributed by atoms with Crippen LogP contribution >= 0.6 is 11.3 Å². The molecule has 0 atom stereocenters. The number of carbonyl (C=O) groups is 1. The van der Waals surface area contributed by atoms with Crippen LogP contribution in [0.25, 0.3) is 11.3 Å². The number of carbonyl (C=O) groups excluding carboxylic acids is 1. The van der Waals surface area contributed by atoms with Gasteiger partial charge in [-0.2, -0.15) is 5.10 Å². The summed E-state index contributed by atoms with van der Waals surface area (Å²) in [5.74, 6) is 0.142. The zero-order valence-corrected chi connectivity index (χ0v) is 18.3. The molecule has 0 radical (unpaired) electrons. The highest BCUT2D eigenvalue weighted by Gasteiger charge is 2.22. The van der Waals surface area contributed by atoms with Crippen LogP contribution in [0.15, 0.2) is 30.3 Å². The highest BCUT2D eigenvalue weighted by atomic mass is 32.1. The Bertz CT molecular complexity index is 994. The molecule has 3 aromatic rings. The SMILES string of the molecule is CCc1cccc(-c2cc(CC)n(CC(=O)N3CCc4nc(C)sc4CC3)n2)c1. The van der Waals surface area contributed by atoms with Crippen LogP contribution in [0, 0.1) is 6.92 Å². The Kier molecular flexibility index (Phi) is 5.81. The Morgan fingerprint density at radius 1 is 1.14 bits per heavy atom. The minimum atomic E-state index is 0.142. The maximum Gasteiger partial charge on any atom is 0.244 e. The molecule has 0 fully saturated rings. The Balaban J connectivity index is 1.49. The van der Waals surface area contributed by atoms with E-state index in [2.05, 4.69) is 56.1 Å². The zero-order chi connectivity index (χ0) is 20.4. The summed E-state index contributed by atoms with van der Waals surface area (Å²) in [4.78, 5) is 21.0. The summed E-state index contributed by atoms with van der Waals surface area (Å²) < 4.78 is 1.89. The number of nitrogens with zero attached hydrogens (tertiary/aromatic N) is 4. The first-order valence-corrected chi connectivity index (χ1v) is 11.3. The van der Waals surface area contributed by atoms with Gasteiger partial charge < -0.3 is 4.90 Å². The number of aryl methyl sites for hydroxylation is 3. The fraction of sp³-hybridized carbons (Fsp3) is 0.435. The van der Waals surface area contributed by atoms with E-state index in [1.54, 1.807) is 11.3 Å². The van der Waals surface area contributed by atoms with Crippen LogP contribution in [0.4, 0.5) is 0 Å². The van der Waals surface area contributed by atoms with Gasteiger partial charge in [0.1, 0.15) is 6.54 Å². The van der Waals surface area contributed by atoms with Crippen LogP contribution in [0.5, 0.6) is 0 Å². The van der Waals surface area contributed by atoms with Gasteiger partial charge in [0.15, 0.2) is 0 Å². The van der Waals surface area contributed by atoms with Gasteiger partial charge in [0.2, 0.25) is 5.91 Å². The summed E-state index contributed by atoms with van der Waals surface area (Å²) in [5, 5.41) is 5.91. The molecule has 3 heterocycles. The number of rotatable bonds is 5. The number of hydrogen-bond acceptors (Lipinski definition) is 4. The lowest BCUT2D eigenvalue weighted by molar-refractivity contribution is -0.132. The van der Waals surface area contributed by atoms with Gasteiger partial charge in [-0.15, -0.1) is 11.3 Å². The van der Waals surface area contributed by atoms with E-state index < -0.39 is 0 Å². The molecular formula is C23H28N4OS. The molecule has 0 aliphatic carbocycles. The minimum Gasteiger partial charge on any atom is -0.340 e. The molecule has 1 aliphatic heterocycles. The van der Waals surface area contributed by atoms with Crippen molar-refractivity contribution < 1.29 is 4.79 Å². The molecule has 1 amide bonds. The Hall–Kier alpha value is -2.47. The first-order chi connectivity index (χ1) is 14.1. The maximum atomic E-state index is 13.0. The maximum absolute atomic E-state index is 13.0. The quantitative estimate of drug-likeness (QED) is 0.639. The fourth-order valence-corrected chi connectivity index (χ4v) is 4.91. The molecule has 0 saturated heterocycles. The van der Waals surface area contributed by atoms with Gasteiger partial charge in [-0.25, -0.2) is 4.98 Å². The van der Waals surface area contributed by atoms with Gasteiger partial charge in [0, 0.05) is 42.1 Å². The largest absolute Gasteiger partial charge is 0.340 e. The number of benzene rings is 1. The Morgan fingerprint density at radius 3 is 2.76 bits per heavy atom. The number of aromatic nitrogens is 3. The molecule has 0 unspecified atom stereocenters. The van der Waals surface area contributed by atoms with Crippen molar-refractivity contribution in [1.82, 2.24) is 19.7 Å². The number of amides is 1. The molecule has 152 valence electrons. The second-order valence-electron chi connectivity index (χ2n) is 7.57. The lowest BCUT2D eigenvalue weighted by Gasteiger charge is -2.20. The molecule has 6 heteroatoms. The summed E-state index contributed by atoms with van der Waals surface area (Å²) >= 11 is 1.76. The third-order valence-corrected chi connectivity index (χ3v) is 6.68. The predicted octanol–water partition coefficient (Wildman–Crippen LogP) is 4.07. The van der Waals surface area contributed by atoms with E-state index in [-0.39, 0.29) is 5.91 Å². The molecule has 1 aliphatic rings. The summed E-state index contributed by atoms with van der Waals surface area (Å²) in [6, 6.07) is 10.6. The molecule has 0 spiro atoms. The van der Waals surface area contributed by atoms with Crippen LogP contribution < -0.4 is 0 Å². The van der Waals surface area contributed by atoms with Crippen molar-refractivity contribution in [2.24, 2.45) is 0 Å². The fourth-order valence-electron chi connectivity index (χ4n) is 3.94. The van der Waals surface area contributed by atoms with Crippen molar-refractivity contribution in [1.29, 1.82) is 0 Å². The third kappa shape index (κ3) is 4.27. The number of hydrogen-bond donors (Lipinski definition) is 0. The minimum absolute atomic E-state index is 0.142. The topological polar surface area (TPSA) is 51.0 Å². The van der Waals surface area contributed by atoms with Crippen LogP contribution in [0.3, 0.4) is 0 Å². The lowest BCUT2D eigenvalue weighted by atomic mass is 10.1. The summed E-state index contributed by atoms with van der Waals surface area (Å²) in [7, 11) is 0. The van der Waals surface area contributed by atoms with E-state index >= 15 is 0 Å². The molecule has 5 nitrogen and oxygen atoms in total. The second-order valence-corrected chi connectivity index (χ2v) is 8.86. The van der Waals surface area contributed by atoms with Gasteiger partial charge in [-0.3, -0.25) is 9.48 Å². The summed E-state index contributed by atoms with van der Waals surface area (Å²) in [6.45, 7) is 8.13. The standard InChI is InChI=1S/C23H28N4OS/c1-4-17-7-6-8-18(13-17)21-14-19(5-2)27(25-21)15-23(28)26-11-9-20-22(10-12-26)29-16(3)24-20/h6-8,13-14H,4-5,9-12,15H2,1-3H3. The van der Waals surface area contributed by atoms with Crippen molar-refractivity contribution in [2.75, 3.05) is 13.1 Å². The zero-order valence-electron chi connectivity index (χ0n) is 17.4. The van der Waals surface area contributed by atoms with Gasteiger partial charge >= 0.3 is 0 Å². The van der Waals surface area contributed by atoms with E-state index in [0.717, 1.165) is 60.7 Å². The van der Waals surface area contributed by atoms with E-state index in [9.17, 15) is 4.79 Å². The van der Waals surface area contributed by atoms with Crippen LogP contribution in [-0.2, 0) is 37.0 Å². The Labute approximate surface area is 176 Å². The summed E-state index contributed by atoms with van der Waals surface area (Å²) in [6.07, 6.45) is 3.61. The smallest absolute Gasteiger partial charge is 0.244 e. The van der Waals surface area contributed by atoms with Crippen molar-refractivity contribution in [3.8, 4) is 11.3 Å². The molecule has 1 aromatic carbocycles. The van der Waals surface area contributed by atoms with Gasteiger partial charge in [-0.1, -0.05) is 32.0 Å². The summed E-state index contributed by atoms with van der Waals surface area (Å²) in [5.41, 5.74) is 5.64. The van der Waals surface area contributed by atoms with Crippen LogP contribution in [0.2, 0.25) is 0 Å². The van der Waals surface area contributed by atoms with Crippen molar-refractivity contribution >= 4 is 17.2 Å². The molecule has 0 saturated carbocycles. The lowest BCUT2D eigenvalue weighted by Crippen LogP contribution is -2.36. The van der Waals surface area contributed by atoms with Crippen LogP contribution in [-0.4, -0.2) is 38.7 Å². The van der Waals surface area contributed by atoms with Gasteiger partial charge in [-0.05, 0) is 37.5 Å². The first-order valence-electron chi connectivity index (χ1n) is 10.5. The van der Waals surface area contributed by atoms with Gasteiger partial charge in [0.05, 0.1) is 16.4 Å². The third-order valence-electron chi connectivity index (χ3n) is 5.61. The van der Waals surface area contributed by atoms with Crippen LogP contribution in [0.1, 0.15) is 40.7 Å². The van der Waals surface area contributed by atoms with E-state index in [4.69, 9.17) is 5.10 Å². The number of thiazole rings is 1. The Morgan fingerprint density at radius 2 is 1.97 bits per heavy atom. The average molecular weight is 409 g/mol. The highest BCUT2D eigenvalue weighted by molar-refractivity contribution is 7.11. The first kappa shape index (κ1) is 19.8. The molecule has 0 N–H and O–H groups in total. The van der Waals surface area contributed by atoms with Gasteiger partial charge in [0.25, 0.3) is 0 Å². The molecular weight excluding hydrogens is 380 g/mol. The molecule has 4 rings (SSSR count). The normalized spacial score (nSPS) is 14.0. The molecule has 2 aromatic heterocycles. The van der Waals surface area contributed by atoms with Crippen molar-refractivity contribution in [2.45, 2.75) is 53.0 Å². The van der Waals surface area contributed by atoms with Crippen molar-refractivity contribution in [3.63, 3.8) is 0 Å². The van der Waals surface area contributed by atoms with E-state index in [1.165, 1.54) is 16.1 Å². The highest BCUT2D eigenvalue weighted by Crippen LogP contribution is 2.23. The predicted molar refractivity (Wildman–Crippen MR) is 117 cm³/mol. The monoisotopic (exact) mass is 408 g/mol. The average Bonchev–Trinajstić information content (AvgIpc) is 3.24. The number of fused-ring (bicyclic) bond motifs is 1. The van der Waals surface area contributed by atoms with E-state index in [0.29, 0.717) is 6.54 Å². The molecule has 29 heavy (non-hydrogen) atoms. The van der Waals surface area contributed by atoms with E-state index in [1.807, 2.05) is 9.58 Å². The van der Waals surface area contributed by atoms with Crippen molar-refractivity contribution in [3.05, 3.63) is 57.2 Å². The molecule has 0 bridgehead atoms. The second kappa shape index (κ2) is 8.49.